The highest BCUT2D eigenvalue weighted by molar-refractivity contribution is 7.99. The van der Waals surface area contributed by atoms with E-state index in [2.05, 4.69) is 32.4 Å². The van der Waals surface area contributed by atoms with Crippen LogP contribution in [0.15, 0.2) is 60.1 Å². The molecule has 0 atom stereocenters. The number of hydrogen-bond acceptors (Lipinski definition) is 6. The van der Waals surface area contributed by atoms with Crippen molar-refractivity contribution in [3.63, 3.8) is 0 Å². The molecule has 3 rings (SSSR count). The van der Waals surface area contributed by atoms with E-state index < -0.39 is 0 Å². The third-order valence-electron chi connectivity index (χ3n) is 2.90. The molecule has 5 nitrogen and oxygen atoms in total. The van der Waals surface area contributed by atoms with Crippen molar-refractivity contribution >= 4 is 34.1 Å². The monoisotopic (exact) mass is 342 g/mol. The molecule has 0 saturated heterocycles. The Balaban J connectivity index is 1.51. The largest absolute Gasteiger partial charge is 0.301 e. The molecular formula is C16H14N4OS2. The molecule has 0 fully saturated rings. The van der Waals surface area contributed by atoms with Crippen molar-refractivity contribution in [2.45, 2.75) is 11.6 Å². The molecular weight excluding hydrogens is 328 g/mol. The van der Waals surface area contributed by atoms with E-state index in [1.165, 1.54) is 28.7 Å². The predicted molar refractivity (Wildman–Crippen MR) is 92.7 cm³/mol. The first kappa shape index (κ1) is 15.6. The number of carbonyl (C=O) groups is 1. The van der Waals surface area contributed by atoms with Crippen molar-refractivity contribution in [2.75, 3.05) is 11.1 Å². The molecule has 0 aliphatic carbocycles. The van der Waals surface area contributed by atoms with Crippen LogP contribution in [-0.4, -0.2) is 26.6 Å². The highest BCUT2D eigenvalue weighted by atomic mass is 32.2. The fourth-order valence-corrected chi connectivity index (χ4v) is 3.36. The Labute approximate surface area is 142 Å². The van der Waals surface area contributed by atoms with Gasteiger partial charge >= 0.3 is 0 Å². The molecule has 1 amide bonds. The summed E-state index contributed by atoms with van der Waals surface area (Å²) in [5.41, 5.74) is 1.23. The smallest absolute Gasteiger partial charge is 0.236 e. The van der Waals surface area contributed by atoms with Crippen LogP contribution in [-0.2, 0) is 11.2 Å². The van der Waals surface area contributed by atoms with Crippen molar-refractivity contribution in [2.24, 2.45) is 0 Å². The van der Waals surface area contributed by atoms with Gasteiger partial charge < -0.3 is 5.32 Å². The van der Waals surface area contributed by atoms with Crippen molar-refractivity contribution in [1.82, 2.24) is 15.0 Å². The van der Waals surface area contributed by atoms with Crippen LogP contribution in [0.3, 0.4) is 0 Å². The molecule has 0 saturated carbocycles. The van der Waals surface area contributed by atoms with Crippen LogP contribution < -0.4 is 5.32 Å². The number of rotatable bonds is 6. The van der Waals surface area contributed by atoms with Crippen LogP contribution in [0.1, 0.15) is 10.4 Å². The van der Waals surface area contributed by atoms with Gasteiger partial charge in [-0.05, 0) is 11.6 Å². The van der Waals surface area contributed by atoms with Gasteiger partial charge in [-0.3, -0.25) is 4.79 Å². The predicted octanol–water partition coefficient (Wildman–Crippen LogP) is 3.25. The van der Waals surface area contributed by atoms with Gasteiger partial charge in [0.25, 0.3) is 0 Å². The highest BCUT2D eigenvalue weighted by Gasteiger charge is 2.08. The molecule has 2 heterocycles. The van der Waals surface area contributed by atoms with Crippen LogP contribution in [0, 0.1) is 0 Å². The van der Waals surface area contributed by atoms with Crippen LogP contribution in [0.5, 0.6) is 0 Å². The maximum absolute atomic E-state index is 11.9. The van der Waals surface area contributed by atoms with Crippen LogP contribution >= 0.6 is 23.1 Å². The number of thioether (sulfide) groups is 1. The lowest BCUT2D eigenvalue weighted by atomic mass is 10.1. The summed E-state index contributed by atoms with van der Waals surface area (Å²) < 4.78 is 0. The van der Waals surface area contributed by atoms with Gasteiger partial charge in [-0.15, -0.1) is 11.3 Å². The first-order chi connectivity index (χ1) is 11.3. The van der Waals surface area contributed by atoms with Gasteiger partial charge in [0.05, 0.1) is 5.75 Å². The number of amides is 1. The molecule has 1 aromatic carbocycles. The maximum atomic E-state index is 11.9. The van der Waals surface area contributed by atoms with E-state index >= 15 is 0 Å². The lowest BCUT2D eigenvalue weighted by Crippen LogP contribution is -2.13. The Bertz CT molecular complexity index is 762. The Morgan fingerprint density at radius 3 is 2.65 bits per heavy atom. The van der Waals surface area contributed by atoms with Gasteiger partial charge in [-0.1, -0.05) is 42.1 Å². The number of anilines is 1. The van der Waals surface area contributed by atoms with Gasteiger partial charge in [0.1, 0.15) is 0 Å². The Morgan fingerprint density at radius 1 is 1.09 bits per heavy atom. The van der Waals surface area contributed by atoms with E-state index in [0.717, 1.165) is 11.3 Å². The van der Waals surface area contributed by atoms with Crippen molar-refractivity contribution in [3.05, 3.63) is 65.4 Å². The number of thiazole rings is 1. The van der Waals surface area contributed by atoms with E-state index in [4.69, 9.17) is 0 Å². The molecule has 23 heavy (non-hydrogen) atoms. The lowest BCUT2D eigenvalue weighted by molar-refractivity contribution is -0.113. The zero-order valence-corrected chi connectivity index (χ0v) is 13.8. The minimum absolute atomic E-state index is 0.108. The van der Waals surface area contributed by atoms with Gasteiger partial charge in [0.15, 0.2) is 10.3 Å². The summed E-state index contributed by atoms with van der Waals surface area (Å²) in [7, 11) is 0. The molecule has 7 heteroatoms. The molecule has 0 bridgehead atoms. The average molecular weight is 342 g/mol. The number of aromatic nitrogens is 3. The van der Waals surface area contributed by atoms with Crippen LogP contribution in [0.2, 0.25) is 0 Å². The molecule has 0 radical (unpaired) electrons. The van der Waals surface area contributed by atoms with Gasteiger partial charge in [-0.25, -0.2) is 15.0 Å². The third-order valence-corrected chi connectivity index (χ3v) is 4.68. The molecule has 116 valence electrons. The number of benzene rings is 1. The molecule has 0 aliphatic heterocycles. The molecule has 1 N–H and O–H groups in total. The zero-order chi connectivity index (χ0) is 15.9. The second-order valence-electron chi connectivity index (χ2n) is 4.66. The van der Waals surface area contributed by atoms with Crippen LogP contribution in [0.25, 0.3) is 0 Å². The summed E-state index contributed by atoms with van der Waals surface area (Å²) >= 11 is 2.79. The van der Waals surface area contributed by atoms with Crippen LogP contribution in [0.4, 0.5) is 5.13 Å². The molecule has 0 spiro atoms. The summed E-state index contributed by atoms with van der Waals surface area (Å²) in [5.74, 6) is 0.153. The van der Waals surface area contributed by atoms with Gasteiger partial charge in [0.2, 0.25) is 5.91 Å². The maximum Gasteiger partial charge on any atom is 0.236 e. The lowest BCUT2D eigenvalue weighted by Gasteiger charge is -2.00. The SMILES string of the molecule is O=C(CSc1ncccn1)Nc1ncc(Cc2ccccc2)s1. The first-order valence-corrected chi connectivity index (χ1v) is 8.78. The number of carbonyl (C=O) groups excluding carboxylic acids is 1. The molecule has 0 aliphatic rings. The highest BCUT2D eigenvalue weighted by Crippen LogP contribution is 2.21. The van der Waals surface area contributed by atoms with Gasteiger partial charge in [0, 0.05) is 29.9 Å². The van der Waals surface area contributed by atoms with E-state index in [0.29, 0.717) is 10.3 Å². The standard InChI is InChI=1S/C16H14N4OS2/c21-14(11-22-15-17-7-4-8-18-15)20-16-19-10-13(23-16)9-12-5-2-1-3-6-12/h1-8,10H,9,11H2,(H,19,20,21). The summed E-state index contributed by atoms with van der Waals surface area (Å²) in [6.07, 6.45) is 5.94. The zero-order valence-electron chi connectivity index (χ0n) is 12.2. The first-order valence-electron chi connectivity index (χ1n) is 6.98. The van der Waals surface area contributed by atoms with E-state index in [-0.39, 0.29) is 11.7 Å². The summed E-state index contributed by atoms with van der Waals surface area (Å²) in [6.45, 7) is 0. The second-order valence-corrected chi connectivity index (χ2v) is 6.72. The molecule has 3 aromatic rings. The summed E-state index contributed by atoms with van der Waals surface area (Å²) in [6, 6.07) is 11.9. The molecule has 2 aromatic heterocycles. The minimum atomic E-state index is -0.108. The van der Waals surface area contributed by atoms with Crippen molar-refractivity contribution < 1.29 is 4.79 Å². The van der Waals surface area contributed by atoms with Crippen molar-refractivity contribution in [1.29, 1.82) is 0 Å². The normalized spacial score (nSPS) is 10.4. The Morgan fingerprint density at radius 2 is 1.87 bits per heavy atom. The summed E-state index contributed by atoms with van der Waals surface area (Å²) in [4.78, 5) is 25.4. The molecule has 0 unspecified atom stereocenters. The summed E-state index contributed by atoms with van der Waals surface area (Å²) in [5, 5.41) is 4.02. The van der Waals surface area contributed by atoms with Crippen molar-refractivity contribution in [3.8, 4) is 0 Å². The quantitative estimate of drug-likeness (QED) is 0.550. The number of nitrogens with one attached hydrogen (secondary N) is 1. The number of nitrogens with zero attached hydrogens (tertiary/aromatic N) is 3. The number of hydrogen-bond donors (Lipinski definition) is 1. The van der Waals surface area contributed by atoms with E-state index in [9.17, 15) is 4.79 Å². The Hall–Kier alpha value is -2.25. The van der Waals surface area contributed by atoms with Gasteiger partial charge in [-0.2, -0.15) is 0 Å². The topological polar surface area (TPSA) is 67.8 Å². The average Bonchev–Trinajstić information content (AvgIpc) is 3.02. The minimum Gasteiger partial charge on any atom is -0.301 e. The Kier molecular flexibility index (Phi) is 5.33. The fourth-order valence-electron chi connectivity index (χ4n) is 1.89. The van der Waals surface area contributed by atoms with E-state index in [1.807, 2.05) is 18.2 Å². The second kappa shape index (κ2) is 7.85. The third kappa shape index (κ3) is 4.87. The van der Waals surface area contributed by atoms with E-state index in [1.54, 1.807) is 24.7 Å². The fraction of sp³-hybridized carbons (Fsp3) is 0.125.